The zero-order valence-electron chi connectivity index (χ0n) is 14.7. The number of rotatable bonds is 4. The molecule has 6 nitrogen and oxygen atoms in total. The highest BCUT2D eigenvalue weighted by Crippen LogP contribution is 2.36. The molecule has 2 heterocycles. The van der Waals surface area contributed by atoms with E-state index in [4.69, 9.17) is 12.2 Å². The lowest BCUT2D eigenvalue weighted by atomic mass is 10.2. The number of non-ortho nitro benzene ring substituents is 1. The molecule has 0 unspecified atom stereocenters. The summed E-state index contributed by atoms with van der Waals surface area (Å²) in [5, 5.41) is 10.8. The van der Waals surface area contributed by atoms with E-state index < -0.39 is 10.7 Å². The molecule has 0 saturated carbocycles. The molecular formula is C20H12FN3O3S2. The number of thioether (sulfide) groups is 1. The maximum atomic E-state index is 13.2. The molecule has 1 aliphatic heterocycles. The highest BCUT2D eigenvalue weighted by atomic mass is 32.2. The van der Waals surface area contributed by atoms with Crippen LogP contribution in [0.1, 0.15) is 5.69 Å². The predicted molar refractivity (Wildman–Crippen MR) is 114 cm³/mol. The Labute approximate surface area is 174 Å². The van der Waals surface area contributed by atoms with Gasteiger partial charge in [-0.25, -0.2) is 4.39 Å². The largest absolute Gasteiger partial charge is 0.317 e. The van der Waals surface area contributed by atoms with Crippen molar-refractivity contribution in [2.45, 2.75) is 0 Å². The van der Waals surface area contributed by atoms with Gasteiger partial charge in [-0.1, -0.05) is 24.0 Å². The summed E-state index contributed by atoms with van der Waals surface area (Å²) in [5.74, 6) is -0.682. The molecule has 0 N–H and O–H groups in total. The lowest BCUT2D eigenvalue weighted by molar-refractivity contribution is -0.384. The van der Waals surface area contributed by atoms with Gasteiger partial charge in [0.15, 0.2) is 4.32 Å². The number of benzene rings is 2. The quantitative estimate of drug-likeness (QED) is 0.257. The average molecular weight is 425 g/mol. The molecule has 0 bridgehead atoms. The fraction of sp³-hybridized carbons (Fsp3) is 0. The molecule has 1 aromatic heterocycles. The first-order valence-electron chi connectivity index (χ1n) is 8.40. The van der Waals surface area contributed by atoms with Gasteiger partial charge >= 0.3 is 0 Å². The van der Waals surface area contributed by atoms with E-state index in [1.807, 2.05) is 16.7 Å². The number of amides is 1. The van der Waals surface area contributed by atoms with Crippen molar-refractivity contribution in [3.05, 3.63) is 93.4 Å². The van der Waals surface area contributed by atoms with Gasteiger partial charge in [0.25, 0.3) is 11.6 Å². The molecule has 3 aromatic rings. The third kappa shape index (κ3) is 3.69. The molecule has 1 amide bonds. The summed E-state index contributed by atoms with van der Waals surface area (Å²) in [6, 6.07) is 15.3. The third-order valence-corrected chi connectivity index (χ3v) is 5.58. The second-order valence-corrected chi connectivity index (χ2v) is 7.75. The van der Waals surface area contributed by atoms with Crippen LogP contribution in [0.4, 0.5) is 15.8 Å². The molecule has 0 aliphatic carbocycles. The van der Waals surface area contributed by atoms with Crippen LogP contribution >= 0.6 is 24.0 Å². The SMILES string of the molecule is O=C1/C(=C\c2cccn2-c2ccc([N+](=O)[O-])cc2)SC(=S)N1c1ccc(F)cc1. The number of nitro benzene ring substituents is 1. The molecule has 29 heavy (non-hydrogen) atoms. The number of hydrogen-bond acceptors (Lipinski definition) is 5. The van der Waals surface area contributed by atoms with Crippen LogP contribution in [0.2, 0.25) is 0 Å². The van der Waals surface area contributed by atoms with E-state index in [-0.39, 0.29) is 11.6 Å². The van der Waals surface area contributed by atoms with Gasteiger partial charge in [0.1, 0.15) is 5.82 Å². The van der Waals surface area contributed by atoms with Crippen LogP contribution in [0.5, 0.6) is 0 Å². The number of anilines is 1. The van der Waals surface area contributed by atoms with E-state index >= 15 is 0 Å². The number of aromatic nitrogens is 1. The Balaban J connectivity index is 1.65. The monoisotopic (exact) mass is 425 g/mol. The number of carbonyl (C=O) groups is 1. The first kappa shape index (κ1) is 19.0. The molecule has 4 rings (SSSR count). The molecule has 0 spiro atoms. The second kappa shape index (κ2) is 7.61. The highest BCUT2D eigenvalue weighted by molar-refractivity contribution is 8.27. The summed E-state index contributed by atoms with van der Waals surface area (Å²) in [6.45, 7) is 0. The van der Waals surface area contributed by atoms with Crippen LogP contribution in [-0.4, -0.2) is 19.7 Å². The topological polar surface area (TPSA) is 68.4 Å². The summed E-state index contributed by atoms with van der Waals surface area (Å²) >= 11 is 6.49. The van der Waals surface area contributed by atoms with E-state index in [9.17, 15) is 19.3 Å². The summed E-state index contributed by atoms with van der Waals surface area (Å²) < 4.78 is 15.4. The first-order valence-corrected chi connectivity index (χ1v) is 9.62. The molecule has 1 saturated heterocycles. The predicted octanol–water partition coefficient (Wildman–Crippen LogP) is 4.93. The lowest BCUT2D eigenvalue weighted by Crippen LogP contribution is -2.27. The number of nitro groups is 1. The fourth-order valence-corrected chi connectivity index (χ4v) is 4.18. The van der Waals surface area contributed by atoms with Crippen molar-refractivity contribution in [1.29, 1.82) is 0 Å². The molecule has 1 fully saturated rings. The molecule has 2 aromatic carbocycles. The van der Waals surface area contributed by atoms with Crippen molar-refractivity contribution >= 4 is 51.7 Å². The minimum absolute atomic E-state index is 0.00243. The maximum absolute atomic E-state index is 13.2. The lowest BCUT2D eigenvalue weighted by Gasteiger charge is -2.14. The number of carbonyl (C=O) groups excluding carboxylic acids is 1. The Morgan fingerprint density at radius 3 is 2.34 bits per heavy atom. The van der Waals surface area contributed by atoms with Gasteiger partial charge in [0.2, 0.25) is 0 Å². The van der Waals surface area contributed by atoms with Crippen LogP contribution < -0.4 is 4.90 Å². The van der Waals surface area contributed by atoms with Crippen LogP contribution in [-0.2, 0) is 4.79 Å². The van der Waals surface area contributed by atoms with Gasteiger partial charge in [-0.3, -0.25) is 19.8 Å². The third-order valence-electron chi connectivity index (χ3n) is 4.28. The Morgan fingerprint density at radius 2 is 1.69 bits per heavy atom. The van der Waals surface area contributed by atoms with Gasteiger partial charge in [-0.05, 0) is 54.6 Å². The zero-order chi connectivity index (χ0) is 20.5. The van der Waals surface area contributed by atoms with E-state index in [0.717, 1.165) is 23.1 Å². The zero-order valence-corrected chi connectivity index (χ0v) is 16.3. The molecule has 9 heteroatoms. The Bertz CT molecular complexity index is 1150. The van der Waals surface area contributed by atoms with Gasteiger partial charge in [0.05, 0.1) is 15.5 Å². The number of hydrogen-bond donors (Lipinski definition) is 0. The highest BCUT2D eigenvalue weighted by Gasteiger charge is 2.33. The Kier molecular flexibility index (Phi) is 4.99. The summed E-state index contributed by atoms with van der Waals surface area (Å²) in [7, 11) is 0. The number of nitrogens with zero attached hydrogens (tertiary/aromatic N) is 3. The van der Waals surface area contributed by atoms with Crippen molar-refractivity contribution in [3.63, 3.8) is 0 Å². The normalized spacial score (nSPS) is 15.3. The second-order valence-electron chi connectivity index (χ2n) is 6.07. The van der Waals surface area contributed by atoms with E-state index in [0.29, 0.717) is 14.9 Å². The first-order chi connectivity index (χ1) is 13.9. The van der Waals surface area contributed by atoms with Crippen molar-refractivity contribution in [2.24, 2.45) is 0 Å². The van der Waals surface area contributed by atoms with Crippen LogP contribution in [0, 0.1) is 15.9 Å². The number of halogens is 1. The minimum atomic E-state index is -0.457. The van der Waals surface area contributed by atoms with Gasteiger partial charge < -0.3 is 4.57 Å². The van der Waals surface area contributed by atoms with Gasteiger partial charge in [-0.2, -0.15) is 0 Å². The number of thiocarbonyl (C=S) groups is 1. The Morgan fingerprint density at radius 1 is 1.03 bits per heavy atom. The molecule has 1 aliphatic rings. The smallest absolute Gasteiger partial charge is 0.270 e. The summed E-state index contributed by atoms with van der Waals surface area (Å²) in [4.78, 5) is 25.0. The van der Waals surface area contributed by atoms with Gasteiger partial charge in [0, 0.05) is 29.7 Å². The molecule has 0 radical (unpaired) electrons. The van der Waals surface area contributed by atoms with Crippen molar-refractivity contribution in [2.75, 3.05) is 4.90 Å². The minimum Gasteiger partial charge on any atom is -0.317 e. The Hall–Kier alpha value is -3.30. The summed E-state index contributed by atoms with van der Waals surface area (Å²) in [6.07, 6.45) is 3.51. The van der Waals surface area contributed by atoms with E-state index in [1.165, 1.54) is 41.3 Å². The standard InChI is InChI=1S/C20H12FN3O3S2/c21-13-3-5-15(6-4-13)23-19(25)18(29-20(23)28)12-17-2-1-11-22(17)14-7-9-16(10-8-14)24(26)27/h1-12H/b18-12+. The fourth-order valence-electron chi connectivity index (χ4n) is 2.90. The van der Waals surface area contributed by atoms with Crippen molar-refractivity contribution in [3.8, 4) is 5.69 Å². The molecule has 0 atom stereocenters. The van der Waals surface area contributed by atoms with Crippen LogP contribution in [0.15, 0.2) is 71.8 Å². The maximum Gasteiger partial charge on any atom is 0.270 e. The average Bonchev–Trinajstić information content (AvgIpc) is 3.27. The van der Waals surface area contributed by atoms with Crippen LogP contribution in [0.3, 0.4) is 0 Å². The molecular weight excluding hydrogens is 413 g/mol. The van der Waals surface area contributed by atoms with Crippen molar-refractivity contribution in [1.82, 2.24) is 4.57 Å². The van der Waals surface area contributed by atoms with Crippen LogP contribution in [0.25, 0.3) is 11.8 Å². The van der Waals surface area contributed by atoms with E-state index in [1.54, 1.807) is 24.4 Å². The van der Waals surface area contributed by atoms with E-state index in [2.05, 4.69) is 0 Å². The van der Waals surface area contributed by atoms with Crippen molar-refractivity contribution < 1.29 is 14.1 Å². The summed E-state index contributed by atoms with van der Waals surface area (Å²) in [5.41, 5.74) is 1.95. The molecule has 144 valence electrons. The van der Waals surface area contributed by atoms with Gasteiger partial charge in [-0.15, -0.1) is 0 Å².